The predicted octanol–water partition coefficient (Wildman–Crippen LogP) is 2.56. The van der Waals surface area contributed by atoms with Crippen molar-refractivity contribution in [3.05, 3.63) is 38.7 Å². The molecule has 1 atom stereocenters. The summed E-state index contributed by atoms with van der Waals surface area (Å²) in [5.41, 5.74) is 0.632. The lowest BCUT2D eigenvalue weighted by Gasteiger charge is -2.08. The van der Waals surface area contributed by atoms with Gasteiger partial charge in [0.1, 0.15) is 0 Å². The summed E-state index contributed by atoms with van der Waals surface area (Å²) in [6.07, 6.45) is -0.505. The minimum atomic E-state index is -0.505. The van der Waals surface area contributed by atoms with Crippen molar-refractivity contribution in [1.29, 1.82) is 0 Å². The van der Waals surface area contributed by atoms with E-state index in [9.17, 15) is 9.90 Å². The van der Waals surface area contributed by atoms with Gasteiger partial charge < -0.3 is 5.11 Å². The number of nitrogens with one attached hydrogen (secondary N) is 1. The number of rotatable bonds is 4. The van der Waals surface area contributed by atoms with Crippen molar-refractivity contribution in [2.24, 2.45) is 0 Å². The van der Waals surface area contributed by atoms with Crippen molar-refractivity contribution < 1.29 is 5.11 Å². The molecule has 0 spiro atoms. The molecule has 1 heterocycles. The van der Waals surface area contributed by atoms with Crippen LogP contribution in [0.3, 0.4) is 0 Å². The molecule has 0 unspecified atom stereocenters. The number of aliphatic hydroxyl groups excluding tert-OH is 1. The van der Waals surface area contributed by atoms with Crippen LogP contribution in [-0.4, -0.2) is 19.9 Å². The number of hydrogen-bond donors (Lipinski definition) is 2. The third kappa shape index (κ3) is 3.10. The van der Waals surface area contributed by atoms with Crippen molar-refractivity contribution in [3.8, 4) is 0 Å². The van der Waals surface area contributed by atoms with Gasteiger partial charge in [-0.1, -0.05) is 6.07 Å². The van der Waals surface area contributed by atoms with Gasteiger partial charge in [0.15, 0.2) is 5.16 Å². The largest absolute Gasteiger partial charge is 0.389 e. The Morgan fingerprint density at radius 2 is 2.32 bits per heavy atom. The first-order valence-corrected chi connectivity index (χ1v) is 7.44. The summed E-state index contributed by atoms with van der Waals surface area (Å²) in [5, 5.41) is 16.6. The Morgan fingerprint density at radius 3 is 2.89 bits per heavy atom. The number of hydrogen-bond acceptors (Lipinski definition) is 4. The lowest BCUT2D eigenvalue weighted by atomic mass is 10.1. The van der Waals surface area contributed by atoms with E-state index in [0.717, 1.165) is 14.9 Å². The van der Waals surface area contributed by atoms with Crippen LogP contribution in [0.15, 0.2) is 37.5 Å². The highest BCUT2D eigenvalue weighted by molar-refractivity contribution is 9.10. The van der Waals surface area contributed by atoms with Gasteiger partial charge in [-0.05, 0) is 59.2 Å². The molecule has 2 rings (SSSR count). The second kappa shape index (κ2) is 5.94. The molecular formula is C12H14BrN3O2S. The second-order valence-electron chi connectivity index (χ2n) is 4.02. The fourth-order valence-electron chi connectivity index (χ4n) is 1.62. The third-order valence-electron chi connectivity index (χ3n) is 2.68. The first-order valence-electron chi connectivity index (χ1n) is 5.83. The van der Waals surface area contributed by atoms with Crippen LogP contribution in [0.2, 0.25) is 0 Å². The van der Waals surface area contributed by atoms with Gasteiger partial charge in [-0.2, -0.15) is 0 Å². The molecule has 0 bridgehead atoms. The molecule has 0 saturated heterocycles. The zero-order valence-electron chi connectivity index (χ0n) is 10.6. The molecule has 102 valence electrons. The Labute approximate surface area is 123 Å². The van der Waals surface area contributed by atoms with E-state index in [1.165, 1.54) is 11.8 Å². The molecule has 0 aliphatic carbocycles. The van der Waals surface area contributed by atoms with Crippen LogP contribution in [0, 0.1) is 0 Å². The molecule has 0 aliphatic rings. The summed E-state index contributed by atoms with van der Waals surface area (Å²) >= 11 is 4.87. The van der Waals surface area contributed by atoms with E-state index in [0.29, 0.717) is 11.7 Å². The number of benzene rings is 1. The topological polar surface area (TPSA) is 70.9 Å². The van der Waals surface area contributed by atoms with E-state index >= 15 is 0 Å². The van der Waals surface area contributed by atoms with E-state index in [4.69, 9.17) is 0 Å². The van der Waals surface area contributed by atoms with Crippen LogP contribution < -0.4 is 5.69 Å². The molecule has 1 aromatic carbocycles. The molecule has 0 aliphatic heterocycles. The lowest BCUT2D eigenvalue weighted by molar-refractivity contribution is 0.199. The number of aromatic nitrogens is 3. The SMILES string of the molecule is CCn1c(Sc2ccc([C@@H](C)O)cc2Br)n[nH]c1=O. The maximum atomic E-state index is 11.5. The van der Waals surface area contributed by atoms with Crippen LogP contribution in [0.25, 0.3) is 0 Å². The summed E-state index contributed by atoms with van der Waals surface area (Å²) in [6, 6.07) is 5.63. The Kier molecular flexibility index (Phi) is 4.49. The fraction of sp³-hybridized carbons (Fsp3) is 0.333. The number of halogens is 1. The summed E-state index contributed by atoms with van der Waals surface area (Å²) in [6.45, 7) is 4.19. The smallest absolute Gasteiger partial charge is 0.343 e. The van der Waals surface area contributed by atoms with Crippen molar-refractivity contribution in [2.75, 3.05) is 0 Å². The third-order valence-corrected chi connectivity index (χ3v) is 4.67. The van der Waals surface area contributed by atoms with Gasteiger partial charge >= 0.3 is 5.69 Å². The highest BCUT2D eigenvalue weighted by Gasteiger charge is 2.11. The Balaban J connectivity index is 2.31. The molecule has 5 nitrogen and oxygen atoms in total. The van der Waals surface area contributed by atoms with Gasteiger partial charge in [-0.15, -0.1) is 5.10 Å². The Bertz CT molecular complexity index is 636. The van der Waals surface area contributed by atoms with Crippen molar-refractivity contribution >= 4 is 27.7 Å². The molecule has 0 radical (unpaired) electrons. The standard InChI is InChI=1S/C12H14BrN3O2S/c1-3-16-11(18)14-15-12(16)19-10-5-4-8(7(2)17)6-9(10)13/h4-7,17H,3H2,1-2H3,(H,14,18)/t7-/m1/s1. The normalized spacial score (nSPS) is 12.6. The Hall–Kier alpha value is -1.05. The number of aromatic amines is 1. The van der Waals surface area contributed by atoms with Crippen LogP contribution in [0.4, 0.5) is 0 Å². The van der Waals surface area contributed by atoms with E-state index in [1.54, 1.807) is 11.5 Å². The monoisotopic (exact) mass is 343 g/mol. The van der Waals surface area contributed by atoms with Gasteiger partial charge in [0.2, 0.25) is 0 Å². The van der Waals surface area contributed by atoms with Gasteiger partial charge in [-0.25, -0.2) is 9.89 Å². The van der Waals surface area contributed by atoms with Crippen LogP contribution in [0.1, 0.15) is 25.5 Å². The number of nitrogens with zero attached hydrogens (tertiary/aromatic N) is 2. The van der Waals surface area contributed by atoms with Gasteiger partial charge in [-0.3, -0.25) is 4.57 Å². The van der Waals surface area contributed by atoms with Gasteiger partial charge in [0.25, 0.3) is 0 Å². The molecule has 1 aromatic heterocycles. The van der Waals surface area contributed by atoms with Crippen LogP contribution >= 0.6 is 27.7 Å². The number of aliphatic hydroxyl groups is 1. The summed E-state index contributed by atoms with van der Waals surface area (Å²) < 4.78 is 2.44. The van der Waals surface area contributed by atoms with Crippen molar-refractivity contribution in [3.63, 3.8) is 0 Å². The molecule has 2 aromatic rings. The van der Waals surface area contributed by atoms with Gasteiger partial charge in [0.05, 0.1) is 6.10 Å². The maximum Gasteiger partial charge on any atom is 0.343 e. The first kappa shape index (κ1) is 14.4. The molecule has 19 heavy (non-hydrogen) atoms. The van der Waals surface area contributed by atoms with E-state index in [-0.39, 0.29) is 5.69 Å². The minimum absolute atomic E-state index is 0.207. The molecular weight excluding hydrogens is 330 g/mol. The average molecular weight is 344 g/mol. The van der Waals surface area contributed by atoms with Crippen molar-refractivity contribution in [1.82, 2.24) is 14.8 Å². The van der Waals surface area contributed by atoms with E-state index in [1.807, 2.05) is 25.1 Å². The lowest BCUT2D eigenvalue weighted by Crippen LogP contribution is -2.16. The van der Waals surface area contributed by atoms with Gasteiger partial charge in [0, 0.05) is 15.9 Å². The Morgan fingerprint density at radius 1 is 1.58 bits per heavy atom. The zero-order valence-corrected chi connectivity index (χ0v) is 13.0. The maximum absolute atomic E-state index is 11.5. The predicted molar refractivity (Wildman–Crippen MR) is 77.4 cm³/mol. The quantitative estimate of drug-likeness (QED) is 0.894. The van der Waals surface area contributed by atoms with E-state index < -0.39 is 6.10 Å². The minimum Gasteiger partial charge on any atom is -0.389 e. The summed E-state index contributed by atoms with van der Waals surface area (Å²) in [5.74, 6) is 0. The van der Waals surface area contributed by atoms with Crippen LogP contribution in [0.5, 0.6) is 0 Å². The highest BCUT2D eigenvalue weighted by Crippen LogP contribution is 2.33. The van der Waals surface area contributed by atoms with Crippen molar-refractivity contribution in [2.45, 2.75) is 36.5 Å². The molecule has 0 fully saturated rings. The highest BCUT2D eigenvalue weighted by atomic mass is 79.9. The molecule has 2 N–H and O–H groups in total. The molecule has 0 amide bonds. The van der Waals surface area contributed by atoms with E-state index in [2.05, 4.69) is 26.1 Å². The average Bonchev–Trinajstić information content (AvgIpc) is 2.72. The van der Waals surface area contributed by atoms with Crippen LogP contribution in [-0.2, 0) is 6.54 Å². The number of H-pyrrole nitrogens is 1. The summed E-state index contributed by atoms with van der Waals surface area (Å²) in [4.78, 5) is 12.4. The molecule has 7 heteroatoms. The molecule has 0 saturated carbocycles. The zero-order chi connectivity index (χ0) is 14.0. The second-order valence-corrected chi connectivity index (χ2v) is 5.89. The first-order chi connectivity index (χ1) is 9.02. The fourth-order valence-corrected chi connectivity index (χ4v) is 3.16. The summed E-state index contributed by atoms with van der Waals surface area (Å²) in [7, 11) is 0.